The van der Waals surface area contributed by atoms with Gasteiger partial charge in [-0.15, -0.1) is 0 Å². The number of halogens is 3. The highest BCUT2D eigenvalue weighted by Gasteiger charge is 2.30. The predicted octanol–water partition coefficient (Wildman–Crippen LogP) is 2.45. The van der Waals surface area contributed by atoms with Crippen molar-refractivity contribution >= 4 is 33.4 Å². The standard InChI is InChI=1S/C9H8F3N3OS2/c1-4-13-6-5(14-8(17-2)18-6)7(16)15(4)3-9(10,11)12/h3H2,1-2H3. The minimum atomic E-state index is -4.46. The Balaban J connectivity index is 2.64. The molecule has 0 atom stereocenters. The quantitative estimate of drug-likeness (QED) is 0.798. The lowest BCUT2D eigenvalue weighted by Crippen LogP contribution is -2.30. The zero-order valence-electron chi connectivity index (χ0n) is 9.41. The smallest absolute Gasteiger partial charge is 0.286 e. The fourth-order valence-corrected chi connectivity index (χ4v) is 2.91. The summed E-state index contributed by atoms with van der Waals surface area (Å²) in [6.07, 6.45) is -2.68. The van der Waals surface area contributed by atoms with Crippen molar-refractivity contribution in [3.63, 3.8) is 0 Å². The monoisotopic (exact) mass is 295 g/mol. The number of rotatable bonds is 2. The number of aromatic nitrogens is 3. The van der Waals surface area contributed by atoms with Crippen molar-refractivity contribution in [1.82, 2.24) is 14.5 Å². The van der Waals surface area contributed by atoms with E-state index in [0.717, 1.165) is 0 Å². The number of nitrogens with zero attached hydrogens (tertiary/aromatic N) is 3. The maximum absolute atomic E-state index is 12.4. The molecule has 4 nitrogen and oxygen atoms in total. The molecule has 98 valence electrons. The summed E-state index contributed by atoms with van der Waals surface area (Å²) in [6.45, 7) is 0.0395. The Labute approximate surface area is 108 Å². The summed E-state index contributed by atoms with van der Waals surface area (Å²) in [4.78, 5) is 20.3. The summed E-state index contributed by atoms with van der Waals surface area (Å²) in [5.41, 5.74) is -0.745. The van der Waals surface area contributed by atoms with Gasteiger partial charge in [0.15, 0.2) is 14.7 Å². The van der Waals surface area contributed by atoms with Gasteiger partial charge in [-0.3, -0.25) is 9.36 Å². The van der Waals surface area contributed by atoms with E-state index in [2.05, 4.69) is 9.97 Å². The third-order valence-corrected chi connectivity index (χ3v) is 4.14. The Bertz CT molecular complexity index is 647. The van der Waals surface area contributed by atoms with Gasteiger partial charge in [-0.2, -0.15) is 13.2 Å². The first-order chi connectivity index (χ1) is 8.31. The van der Waals surface area contributed by atoms with E-state index in [4.69, 9.17) is 0 Å². The lowest BCUT2D eigenvalue weighted by Gasteiger charge is -2.11. The number of hydrogen-bond donors (Lipinski definition) is 0. The molecule has 18 heavy (non-hydrogen) atoms. The van der Waals surface area contributed by atoms with Gasteiger partial charge < -0.3 is 0 Å². The van der Waals surface area contributed by atoms with E-state index >= 15 is 0 Å². The molecular formula is C9H8F3N3OS2. The number of hydrogen-bond acceptors (Lipinski definition) is 5. The van der Waals surface area contributed by atoms with E-state index in [9.17, 15) is 18.0 Å². The van der Waals surface area contributed by atoms with Gasteiger partial charge in [-0.05, 0) is 13.2 Å². The van der Waals surface area contributed by atoms with Gasteiger partial charge in [0, 0.05) is 0 Å². The van der Waals surface area contributed by atoms with Gasteiger partial charge in [-0.25, -0.2) is 9.97 Å². The van der Waals surface area contributed by atoms with E-state index in [-0.39, 0.29) is 11.3 Å². The molecule has 0 N–H and O–H groups in total. The molecule has 2 heterocycles. The molecule has 2 aromatic heterocycles. The Morgan fingerprint density at radius 1 is 1.39 bits per heavy atom. The van der Waals surface area contributed by atoms with Crippen LogP contribution in [-0.4, -0.2) is 27.0 Å². The average molecular weight is 295 g/mol. The first-order valence-corrected chi connectivity index (χ1v) is 6.84. The fourth-order valence-electron chi connectivity index (χ4n) is 1.44. The summed E-state index contributed by atoms with van der Waals surface area (Å²) >= 11 is 2.52. The Kier molecular flexibility index (Phi) is 3.37. The van der Waals surface area contributed by atoms with Crippen LogP contribution in [0.25, 0.3) is 10.3 Å². The van der Waals surface area contributed by atoms with Gasteiger partial charge in [0.05, 0.1) is 0 Å². The number of alkyl halides is 3. The normalized spacial score (nSPS) is 12.3. The van der Waals surface area contributed by atoms with Crippen molar-refractivity contribution < 1.29 is 13.2 Å². The Morgan fingerprint density at radius 2 is 2.06 bits per heavy atom. The summed E-state index contributed by atoms with van der Waals surface area (Å²) in [5.74, 6) is 0.0427. The largest absolute Gasteiger partial charge is 0.406 e. The first kappa shape index (κ1) is 13.3. The van der Waals surface area contributed by atoms with Crippen LogP contribution in [0.1, 0.15) is 5.82 Å². The number of thiazole rings is 1. The molecule has 0 saturated heterocycles. The molecule has 0 saturated carbocycles. The number of aryl methyl sites for hydroxylation is 1. The summed E-state index contributed by atoms with van der Waals surface area (Å²) < 4.78 is 38.3. The minimum absolute atomic E-state index is 0.000741. The van der Waals surface area contributed by atoms with Crippen molar-refractivity contribution in [3.8, 4) is 0 Å². The van der Waals surface area contributed by atoms with Crippen LogP contribution in [0.3, 0.4) is 0 Å². The minimum Gasteiger partial charge on any atom is -0.286 e. The van der Waals surface area contributed by atoms with Gasteiger partial charge in [-0.1, -0.05) is 23.1 Å². The summed E-state index contributed by atoms with van der Waals surface area (Å²) in [7, 11) is 0. The van der Waals surface area contributed by atoms with Crippen LogP contribution in [0.2, 0.25) is 0 Å². The van der Waals surface area contributed by atoms with Gasteiger partial charge in [0.1, 0.15) is 12.4 Å². The van der Waals surface area contributed by atoms with Crippen molar-refractivity contribution in [2.75, 3.05) is 6.26 Å². The number of thioether (sulfide) groups is 1. The van der Waals surface area contributed by atoms with Crippen LogP contribution in [0.5, 0.6) is 0 Å². The topological polar surface area (TPSA) is 47.8 Å². The Hall–Kier alpha value is -1.09. The highest BCUT2D eigenvalue weighted by atomic mass is 32.2. The van der Waals surface area contributed by atoms with Crippen molar-refractivity contribution in [2.24, 2.45) is 0 Å². The fraction of sp³-hybridized carbons (Fsp3) is 0.444. The molecule has 0 aromatic carbocycles. The van der Waals surface area contributed by atoms with E-state index in [0.29, 0.717) is 13.7 Å². The highest BCUT2D eigenvalue weighted by molar-refractivity contribution is 8.00. The van der Waals surface area contributed by atoms with Gasteiger partial charge in [0.25, 0.3) is 5.56 Å². The van der Waals surface area contributed by atoms with Crippen molar-refractivity contribution in [3.05, 3.63) is 16.2 Å². The molecule has 0 aliphatic heterocycles. The van der Waals surface area contributed by atoms with Crippen LogP contribution in [0.15, 0.2) is 9.13 Å². The number of fused-ring (bicyclic) bond motifs is 1. The third kappa shape index (κ3) is 2.51. The molecule has 0 spiro atoms. The van der Waals surface area contributed by atoms with Crippen LogP contribution in [0.4, 0.5) is 13.2 Å². The SMILES string of the molecule is CSc1nc2c(=O)n(CC(F)(F)F)c(C)nc2s1. The molecule has 0 unspecified atom stereocenters. The van der Waals surface area contributed by atoms with E-state index in [1.54, 1.807) is 6.26 Å². The predicted molar refractivity (Wildman–Crippen MR) is 64.2 cm³/mol. The van der Waals surface area contributed by atoms with Crippen LogP contribution < -0.4 is 5.56 Å². The molecule has 0 radical (unpaired) electrons. The second-order valence-corrected chi connectivity index (χ2v) is 5.53. The first-order valence-electron chi connectivity index (χ1n) is 4.80. The van der Waals surface area contributed by atoms with E-state index in [1.165, 1.54) is 30.0 Å². The van der Waals surface area contributed by atoms with Crippen molar-refractivity contribution in [1.29, 1.82) is 0 Å². The third-order valence-electron chi connectivity index (χ3n) is 2.20. The van der Waals surface area contributed by atoms with Crippen molar-refractivity contribution in [2.45, 2.75) is 24.0 Å². The maximum atomic E-state index is 12.4. The van der Waals surface area contributed by atoms with E-state index in [1.807, 2.05) is 0 Å². The average Bonchev–Trinajstić information content (AvgIpc) is 2.66. The highest BCUT2D eigenvalue weighted by Crippen LogP contribution is 2.25. The van der Waals surface area contributed by atoms with Crippen LogP contribution in [-0.2, 0) is 6.54 Å². The molecule has 0 amide bonds. The second kappa shape index (κ2) is 4.54. The maximum Gasteiger partial charge on any atom is 0.406 e. The zero-order chi connectivity index (χ0) is 13.5. The lowest BCUT2D eigenvalue weighted by atomic mass is 10.4. The molecule has 2 aromatic rings. The second-order valence-electron chi connectivity index (χ2n) is 3.50. The van der Waals surface area contributed by atoms with Gasteiger partial charge in [0.2, 0.25) is 0 Å². The van der Waals surface area contributed by atoms with Crippen LogP contribution >= 0.6 is 23.1 Å². The molecule has 0 fully saturated rings. The van der Waals surface area contributed by atoms with E-state index < -0.39 is 18.3 Å². The van der Waals surface area contributed by atoms with Gasteiger partial charge >= 0.3 is 6.18 Å². The zero-order valence-corrected chi connectivity index (χ0v) is 11.0. The Morgan fingerprint density at radius 3 is 2.61 bits per heavy atom. The molecule has 0 bridgehead atoms. The molecule has 9 heteroatoms. The molecule has 2 rings (SSSR count). The summed E-state index contributed by atoms with van der Waals surface area (Å²) in [5, 5.41) is 0. The molecular weight excluding hydrogens is 287 g/mol. The lowest BCUT2D eigenvalue weighted by molar-refractivity contribution is -0.141. The summed E-state index contributed by atoms with van der Waals surface area (Å²) in [6, 6.07) is 0. The van der Waals surface area contributed by atoms with Crippen LogP contribution in [0, 0.1) is 6.92 Å². The molecule has 0 aliphatic rings. The molecule has 0 aliphatic carbocycles.